The fourth-order valence-corrected chi connectivity index (χ4v) is 2.13. The Balaban J connectivity index is 2.49. The van der Waals surface area contributed by atoms with Crippen molar-refractivity contribution in [3.05, 3.63) is 29.3 Å². The molecule has 1 aliphatic rings. The van der Waals surface area contributed by atoms with E-state index in [1.807, 2.05) is 12.1 Å². The molecule has 1 aromatic carbocycles. The largest absolute Gasteiger partial charge is 0.508 e. The molecule has 0 heterocycles. The van der Waals surface area contributed by atoms with Crippen molar-refractivity contribution in [1.29, 1.82) is 0 Å². The summed E-state index contributed by atoms with van der Waals surface area (Å²) in [6, 6.07) is 5.61. The number of benzene rings is 1. The molecular formula is C11H15NO. The van der Waals surface area contributed by atoms with Gasteiger partial charge in [-0.05, 0) is 36.1 Å². The third-order valence-electron chi connectivity index (χ3n) is 3.14. The minimum atomic E-state index is 0.128. The number of phenolic OH excluding ortho intramolecular Hbond substituents is 1. The molecule has 0 saturated heterocycles. The minimum absolute atomic E-state index is 0.128. The molecule has 0 amide bonds. The highest BCUT2D eigenvalue weighted by atomic mass is 16.3. The predicted molar refractivity (Wildman–Crippen MR) is 52.8 cm³/mol. The molecular weight excluding hydrogens is 162 g/mol. The Bertz CT molecular complexity index is 335. The first-order chi connectivity index (χ1) is 6.15. The summed E-state index contributed by atoms with van der Waals surface area (Å²) in [6.45, 7) is 2.88. The Labute approximate surface area is 78.4 Å². The highest BCUT2D eigenvalue weighted by molar-refractivity contribution is 5.43. The van der Waals surface area contributed by atoms with Gasteiger partial charge in [-0.3, -0.25) is 0 Å². The van der Waals surface area contributed by atoms with Crippen LogP contribution in [0.5, 0.6) is 5.75 Å². The molecule has 70 valence electrons. The van der Waals surface area contributed by atoms with Gasteiger partial charge in [0.15, 0.2) is 0 Å². The Morgan fingerprint density at radius 3 is 3.00 bits per heavy atom. The summed E-state index contributed by atoms with van der Waals surface area (Å²) in [4.78, 5) is 0. The van der Waals surface area contributed by atoms with Gasteiger partial charge in [-0.1, -0.05) is 13.0 Å². The molecule has 2 nitrogen and oxygen atoms in total. The van der Waals surface area contributed by atoms with Gasteiger partial charge in [0, 0.05) is 12.0 Å². The van der Waals surface area contributed by atoms with E-state index in [-0.39, 0.29) is 5.41 Å². The molecule has 0 bridgehead atoms. The second-order valence-electron chi connectivity index (χ2n) is 4.11. The van der Waals surface area contributed by atoms with Crippen molar-refractivity contribution in [3.63, 3.8) is 0 Å². The molecule has 0 spiro atoms. The van der Waals surface area contributed by atoms with Gasteiger partial charge in [0.1, 0.15) is 5.75 Å². The van der Waals surface area contributed by atoms with Gasteiger partial charge in [0.25, 0.3) is 0 Å². The maximum atomic E-state index is 9.31. The van der Waals surface area contributed by atoms with Gasteiger partial charge >= 0.3 is 0 Å². The molecule has 13 heavy (non-hydrogen) atoms. The molecule has 2 rings (SSSR count). The number of fused-ring (bicyclic) bond motifs is 1. The lowest BCUT2D eigenvalue weighted by atomic mass is 9.84. The highest BCUT2D eigenvalue weighted by Gasteiger charge is 2.32. The van der Waals surface area contributed by atoms with Gasteiger partial charge in [-0.2, -0.15) is 0 Å². The average molecular weight is 177 g/mol. The first-order valence-corrected chi connectivity index (χ1v) is 4.68. The van der Waals surface area contributed by atoms with E-state index in [4.69, 9.17) is 5.73 Å². The summed E-state index contributed by atoms with van der Waals surface area (Å²) in [5, 5.41) is 9.31. The van der Waals surface area contributed by atoms with Gasteiger partial charge in [0.2, 0.25) is 0 Å². The number of nitrogens with two attached hydrogens (primary N) is 1. The zero-order valence-electron chi connectivity index (χ0n) is 7.88. The van der Waals surface area contributed by atoms with Crippen LogP contribution >= 0.6 is 0 Å². The Morgan fingerprint density at radius 1 is 1.54 bits per heavy atom. The summed E-state index contributed by atoms with van der Waals surface area (Å²) in [5.74, 6) is 0.361. The predicted octanol–water partition coefficient (Wildman–Crippen LogP) is 1.55. The Kier molecular flexibility index (Phi) is 1.81. The van der Waals surface area contributed by atoms with Crippen LogP contribution in [-0.2, 0) is 11.8 Å². The SMILES string of the molecule is CC1(CN)CCc2cc(O)ccc21. The van der Waals surface area contributed by atoms with Gasteiger partial charge < -0.3 is 10.8 Å². The lowest BCUT2D eigenvalue weighted by molar-refractivity contribution is 0.472. The van der Waals surface area contributed by atoms with Crippen LogP contribution in [0.25, 0.3) is 0 Å². The molecule has 0 radical (unpaired) electrons. The quantitative estimate of drug-likeness (QED) is 0.683. The number of rotatable bonds is 1. The van der Waals surface area contributed by atoms with Crippen LogP contribution in [0.1, 0.15) is 24.5 Å². The van der Waals surface area contributed by atoms with Crippen molar-refractivity contribution in [2.24, 2.45) is 5.73 Å². The van der Waals surface area contributed by atoms with Crippen LogP contribution in [-0.4, -0.2) is 11.7 Å². The zero-order valence-corrected chi connectivity index (χ0v) is 7.88. The first-order valence-electron chi connectivity index (χ1n) is 4.68. The van der Waals surface area contributed by atoms with Crippen molar-refractivity contribution >= 4 is 0 Å². The van der Waals surface area contributed by atoms with Gasteiger partial charge in [-0.15, -0.1) is 0 Å². The van der Waals surface area contributed by atoms with E-state index < -0.39 is 0 Å². The van der Waals surface area contributed by atoms with E-state index in [1.54, 1.807) is 6.07 Å². The van der Waals surface area contributed by atoms with E-state index in [2.05, 4.69) is 6.92 Å². The molecule has 2 heteroatoms. The van der Waals surface area contributed by atoms with E-state index >= 15 is 0 Å². The number of hydrogen-bond acceptors (Lipinski definition) is 2. The van der Waals surface area contributed by atoms with E-state index in [9.17, 15) is 5.11 Å². The van der Waals surface area contributed by atoms with E-state index in [1.165, 1.54) is 11.1 Å². The molecule has 1 atom stereocenters. The number of phenols is 1. The van der Waals surface area contributed by atoms with Gasteiger partial charge in [-0.25, -0.2) is 0 Å². The molecule has 1 aromatic rings. The second-order valence-corrected chi connectivity index (χ2v) is 4.11. The molecule has 0 fully saturated rings. The fraction of sp³-hybridized carbons (Fsp3) is 0.455. The maximum absolute atomic E-state index is 9.31. The van der Waals surface area contributed by atoms with Crippen molar-refractivity contribution in [3.8, 4) is 5.75 Å². The smallest absolute Gasteiger partial charge is 0.115 e. The van der Waals surface area contributed by atoms with Crippen molar-refractivity contribution in [1.82, 2.24) is 0 Å². The Hall–Kier alpha value is -1.02. The fourth-order valence-electron chi connectivity index (χ4n) is 2.13. The summed E-state index contributed by atoms with van der Waals surface area (Å²) < 4.78 is 0. The van der Waals surface area contributed by atoms with Crippen molar-refractivity contribution in [2.45, 2.75) is 25.2 Å². The maximum Gasteiger partial charge on any atom is 0.115 e. The summed E-state index contributed by atoms with van der Waals surface area (Å²) in [7, 11) is 0. The average Bonchev–Trinajstić information content (AvgIpc) is 2.45. The lowest BCUT2D eigenvalue weighted by Gasteiger charge is -2.22. The summed E-state index contributed by atoms with van der Waals surface area (Å²) in [5.41, 5.74) is 8.46. The van der Waals surface area contributed by atoms with Crippen molar-refractivity contribution in [2.75, 3.05) is 6.54 Å². The number of aryl methyl sites for hydroxylation is 1. The van der Waals surface area contributed by atoms with Crippen molar-refractivity contribution < 1.29 is 5.11 Å². The topological polar surface area (TPSA) is 46.2 Å². The normalized spacial score (nSPS) is 26.0. The molecule has 0 aliphatic heterocycles. The third kappa shape index (κ3) is 1.22. The second kappa shape index (κ2) is 2.74. The third-order valence-corrected chi connectivity index (χ3v) is 3.14. The van der Waals surface area contributed by atoms with Crippen LogP contribution in [0.15, 0.2) is 18.2 Å². The van der Waals surface area contributed by atoms with Crippen LogP contribution in [0.2, 0.25) is 0 Å². The highest BCUT2D eigenvalue weighted by Crippen LogP contribution is 2.39. The summed E-state index contributed by atoms with van der Waals surface area (Å²) >= 11 is 0. The number of hydrogen-bond donors (Lipinski definition) is 2. The van der Waals surface area contributed by atoms with E-state index in [0.717, 1.165) is 12.8 Å². The summed E-state index contributed by atoms with van der Waals surface area (Å²) in [6.07, 6.45) is 2.14. The van der Waals surface area contributed by atoms with Crippen LogP contribution in [0.4, 0.5) is 0 Å². The zero-order chi connectivity index (χ0) is 9.47. The monoisotopic (exact) mass is 177 g/mol. The minimum Gasteiger partial charge on any atom is -0.508 e. The standard InChI is InChI=1S/C11H15NO/c1-11(7-12)5-4-8-6-9(13)2-3-10(8)11/h2-3,6,13H,4-5,7,12H2,1H3. The van der Waals surface area contributed by atoms with Gasteiger partial charge in [0.05, 0.1) is 0 Å². The lowest BCUT2D eigenvalue weighted by Crippen LogP contribution is -2.28. The molecule has 1 aliphatic carbocycles. The Morgan fingerprint density at radius 2 is 2.31 bits per heavy atom. The van der Waals surface area contributed by atoms with Crippen LogP contribution in [0, 0.1) is 0 Å². The van der Waals surface area contributed by atoms with Crippen LogP contribution in [0.3, 0.4) is 0 Å². The molecule has 0 saturated carbocycles. The van der Waals surface area contributed by atoms with E-state index in [0.29, 0.717) is 12.3 Å². The molecule has 1 unspecified atom stereocenters. The van der Waals surface area contributed by atoms with Crippen LogP contribution < -0.4 is 5.73 Å². The molecule has 3 N–H and O–H groups in total. The number of aromatic hydroxyl groups is 1. The molecule has 0 aromatic heterocycles. The first kappa shape index (κ1) is 8.57.